The molecule has 0 radical (unpaired) electrons. The fraction of sp³-hybridized carbons (Fsp3) is 0.250. The van der Waals surface area contributed by atoms with Gasteiger partial charge in [-0.1, -0.05) is 122 Å². The van der Waals surface area contributed by atoms with Gasteiger partial charge in [0, 0.05) is 17.5 Å². The van der Waals surface area contributed by atoms with Gasteiger partial charge in [-0.05, 0) is 79.0 Å². The van der Waals surface area contributed by atoms with Crippen LogP contribution in [0.2, 0.25) is 13.1 Å². The second kappa shape index (κ2) is 12.0. The second-order valence-corrected chi connectivity index (χ2v) is 22.3. The SMILES string of the molecule is CC(C)(C)c1ccnc(-n2c3[c-]c(Oc4ccc5c(c4O)-n4[c-][n+]6c7c(ccc(c74)[Si]5(C)C)C(C)(C)C(C)(C)c4ccccc4-6)ccc3c3ccccc32)c1.[Pt+2]. The fourth-order valence-electron chi connectivity index (χ4n) is 9.26. The number of nitrogens with zero attached hydrogens (tertiary/aromatic N) is 4. The van der Waals surface area contributed by atoms with Gasteiger partial charge in [0.25, 0.3) is 6.33 Å². The summed E-state index contributed by atoms with van der Waals surface area (Å²) >= 11 is 0. The number of hydrogen-bond donors (Lipinski definition) is 1. The standard InChI is InChI=1S/C48H45N4O2Si.Pt/c1-46(2,3)29-24-25-49-41(26-29)52-35-16-12-10-14-31(35)32-19-18-30(27-37(32)52)54-38-21-23-40-44(45(38)53)51-28-50-36-17-13-11-15-33(36)47(4,5)48(6,7)34-20-22-39(55(40,8)9)43(51)42(34)50;/h10-26,53H,1-9H3;/q-1;+2. The minimum atomic E-state index is -2.30. The summed E-state index contributed by atoms with van der Waals surface area (Å²) in [6, 6.07) is 37.8. The normalized spacial score (nSPS) is 15.9. The Bertz CT molecular complexity index is 2950. The second-order valence-electron chi connectivity index (χ2n) is 18.0. The zero-order chi connectivity index (χ0) is 38.4. The molecule has 0 amide bonds. The molecule has 56 heavy (non-hydrogen) atoms. The van der Waals surface area contributed by atoms with Gasteiger partial charge in [0.05, 0.1) is 16.7 Å². The molecule has 0 fully saturated rings. The Balaban J connectivity index is 0.00000410. The van der Waals surface area contributed by atoms with Gasteiger partial charge in [-0.15, -0.1) is 17.5 Å². The molecule has 0 atom stereocenters. The first-order chi connectivity index (χ1) is 26.1. The van der Waals surface area contributed by atoms with Gasteiger partial charge < -0.3 is 14.4 Å². The van der Waals surface area contributed by atoms with E-state index in [2.05, 4.69) is 173 Å². The fourth-order valence-corrected chi connectivity index (χ4v) is 12.2. The zero-order valence-electron chi connectivity index (χ0n) is 33.3. The van der Waals surface area contributed by atoms with Crippen molar-refractivity contribution < 1.29 is 35.5 Å². The summed E-state index contributed by atoms with van der Waals surface area (Å²) in [5.41, 5.74) is 9.45. The molecule has 0 aliphatic carbocycles. The molecule has 5 aromatic carbocycles. The van der Waals surface area contributed by atoms with E-state index in [1.165, 1.54) is 21.9 Å². The third-order valence-corrected chi connectivity index (χ3v) is 16.7. The summed E-state index contributed by atoms with van der Waals surface area (Å²) in [5, 5.41) is 17.1. The van der Waals surface area contributed by atoms with E-state index in [4.69, 9.17) is 9.72 Å². The van der Waals surface area contributed by atoms with Crippen molar-refractivity contribution in [2.75, 3.05) is 0 Å². The molecular weight excluding hydrogens is 888 g/mol. The predicted octanol–water partition coefficient (Wildman–Crippen LogP) is 9.50. The van der Waals surface area contributed by atoms with Crippen molar-refractivity contribution in [1.29, 1.82) is 0 Å². The van der Waals surface area contributed by atoms with Crippen LogP contribution in [0.5, 0.6) is 17.2 Å². The van der Waals surface area contributed by atoms with E-state index in [0.717, 1.165) is 55.2 Å². The van der Waals surface area contributed by atoms with Crippen molar-refractivity contribution in [2.45, 2.75) is 77.8 Å². The van der Waals surface area contributed by atoms with E-state index in [-0.39, 0.29) is 43.1 Å². The molecule has 2 aliphatic heterocycles. The summed E-state index contributed by atoms with van der Waals surface area (Å²) in [5.74, 6) is 1.83. The number of ether oxygens (including phenoxy) is 1. The first kappa shape index (κ1) is 36.7. The van der Waals surface area contributed by atoms with Crippen LogP contribution in [0.4, 0.5) is 0 Å². The molecule has 5 heterocycles. The molecule has 8 heteroatoms. The summed E-state index contributed by atoms with van der Waals surface area (Å²) in [4.78, 5) is 4.84. The number of aromatic hydroxyl groups is 1. The van der Waals surface area contributed by atoms with Gasteiger partial charge in [0.2, 0.25) is 0 Å². The average molecular weight is 933 g/mol. The molecule has 2 aliphatic rings. The molecule has 0 saturated carbocycles. The number of aromatic nitrogens is 4. The molecule has 6 nitrogen and oxygen atoms in total. The number of para-hydroxylation sites is 2. The Hall–Kier alpha value is -4.97. The van der Waals surface area contributed by atoms with Crippen LogP contribution in [0.25, 0.3) is 50.0 Å². The first-order valence-corrected chi connectivity index (χ1v) is 22.2. The summed E-state index contributed by atoms with van der Waals surface area (Å²) in [6.07, 6.45) is 5.66. The molecule has 3 aromatic heterocycles. The number of phenolic OH excluding ortho intramolecular Hbond substituents is 1. The number of fused-ring (bicyclic) bond motifs is 7. The van der Waals surface area contributed by atoms with E-state index in [9.17, 15) is 5.11 Å². The maximum Gasteiger partial charge on any atom is 2.00 e. The Morgan fingerprint density at radius 1 is 0.804 bits per heavy atom. The zero-order valence-corrected chi connectivity index (χ0v) is 36.5. The molecule has 10 rings (SSSR count). The van der Waals surface area contributed by atoms with Crippen LogP contribution in [0, 0.1) is 12.4 Å². The van der Waals surface area contributed by atoms with Crippen molar-refractivity contribution in [3.8, 4) is 34.4 Å². The van der Waals surface area contributed by atoms with Crippen LogP contribution in [-0.4, -0.2) is 27.3 Å². The van der Waals surface area contributed by atoms with Crippen LogP contribution in [0.3, 0.4) is 0 Å². The van der Waals surface area contributed by atoms with Crippen molar-refractivity contribution >= 4 is 51.3 Å². The largest absolute Gasteiger partial charge is 2.00 e. The third-order valence-electron chi connectivity index (χ3n) is 13.2. The van der Waals surface area contributed by atoms with Crippen molar-refractivity contribution in [1.82, 2.24) is 14.1 Å². The van der Waals surface area contributed by atoms with Crippen molar-refractivity contribution in [3.63, 3.8) is 0 Å². The summed E-state index contributed by atoms with van der Waals surface area (Å²) in [7, 11) is -2.30. The van der Waals surface area contributed by atoms with E-state index in [1.54, 1.807) is 0 Å². The number of pyridine rings is 1. The summed E-state index contributed by atoms with van der Waals surface area (Å²) in [6.45, 7) is 20.8. The maximum absolute atomic E-state index is 12.4. The average Bonchev–Trinajstić information content (AvgIpc) is 3.69. The van der Waals surface area contributed by atoms with E-state index < -0.39 is 8.07 Å². The van der Waals surface area contributed by atoms with Gasteiger partial charge in [-0.2, -0.15) is 6.07 Å². The van der Waals surface area contributed by atoms with E-state index >= 15 is 0 Å². The molecule has 0 unspecified atom stereocenters. The monoisotopic (exact) mass is 932 g/mol. The van der Waals surface area contributed by atoms with Crippen molar-refractivity contribution in [3.05, 3.63) is 132 Å². The number of rotatable bonds is 3. The number of benzene rings is 5. The van der Waals surface area contributed by atoms with Crippen LogP contribution in [-0.2, 0) is 37.3 Å². The molecule has 282 valence electrons. The minimum absolute atomic E-state index is 0. The van der Waals surface area contributed by atoms with Crippen LogP contribution >= 0.6 is 0 Å². The van der Waals surface area contributed by atoms with E-state index in [1.807, 2.05) is 18.3 Å². The van der Waals surface area contributed by atoms with Crippen molar-refractivity contribution in [2.24, 2.45) is 0 Å². The predicted molar refractivity (Wildman–Crippen MR) is 224 cm³/mol. The van der Waals surface area contributed by atoms with E-state index in [0.29, 0.717) is 11.5 Å². The Labute approximate surface area is 343 Å². The molecule has 0 spiro atoms. The maximum atomic E-state index is 12.4. The number of phenols is 1. The molecular formula is C48H45N4O2PtSi+. The number of hydrogen-bond acceptors (Lipinski definition) is 3. The Kier molecular flexibility index (Phi) is 7.87. The van der Waals surface area contributed by atoms with Crippen LogP contribution in [0.15, 0.2) is 103 Å². The first-order valence-electron chi connectivity index (χ1n) is 19.2. The van der Waals surface area contributed by atoms with Gasteiger partial charge in [0.1, 0.15) is 19.6 Å². The smallest absolute Gasteiger partial charge is 0.508 e. The molecule has 0 saturated heterocycles. The van der Waals surface area contributed by atoms with Gasteiger partial charge in [-0.3, -0.25) is 9.13 Å². The molecule has 0 bridgehead atoms. The summed E-state index contributed by atoms with van der Waals surface area (Å²) < 4.78 is 13.2. The van der Waals surface area contributed by atoms with Gasteiger partial charge in [0.15, 0.2) is 11.5 Å². The molecule has 8 aromatic rings. The van der Waals surface area contributed by atoms with Gasteiger partial charge in [-0.25, -0.2) is 4.98 Å². The minimum Gasteiger partial charge on any atom is -0.508 e. The number of imidazole rings is 1. The molecule has 1 N–H and O–H groups in total. The Morgan fingerprint density at radius 3 is 2.30 bits per heavy atom. The van der Waals surface area contributed by atoms with Gasteiger partial charge >= 0.3 is 21.1 Å². The quantitative estimate of drug-likeness (QED) is 0.109. The van der Waals surface area contributed by atoms with Crippen LogP contribution < -0.4 is 19.7 Å². The third kappa shape index (κ3) is 4.83. The Morgan fingerprint density at radius 2 is 1.52 bits per heavy atom. The van der Waals surface area contributed by atoms with Crippen LogP contribution in [0.1, 0.15) is 65.2 Å². The topological polar surface area (TPSA) is 56.1 Å².